The van der Waals surface area contributed by atoms with Gasteiger partial charge in [-0.1, -0.05) is 0 Å². The van der Waals surface area contributed by atoms with Crippen molar-refractivity contribution in [3.05, 3.63) is 40.2 Å². The van der Waals surface area contributed by atoms with Crippen molar-refractivity contribution < 1.29 is 9.13 Å². The molecule has 26 heavy (non-hydrogen) atoms. The van der Waals surface area contributed by atoms with Crippen LogP contribution < -0.4 is 4.74 Å². The van der Waals surface area contributed by atoms with E-state index in [0.29, 0.717) is 12.5 Å². The number of halogens is 1. The van der Waals surface area contributed by atoms with Crippen LogP contribution in [0.4, 0.5) is 4.39 Å². The fourth-order valence-electron chi connectivity index (χ4n) is 4.17. The number of hydrogen-bond acceptors (Lipinski definition) is 6. The molecule has 1 spiro atoms. The Morgan fingerprint density at radius 3 is 2.96 bits per heavy atom. The monoisotopic (exact) mass is 376 g/mol. The average molecular weight is 377 g/mol. The minimum atomic E-state index is -0.384. The Kier molecular flexibility index (Phi) is 4.94. The third-order valence-corrected chi connectivity index (χ3v) is 6.70. The van der Waals surface area contributed by atoms with E-state index < -0.39 is 0 Å². The SMILES string of the molecule is Cc1ncsc1CN1CC2(CC(COc3ncccc3F)CCN2C)C1. The van der Waals surface area contributed by atoms with Gasteiger partial charge in [0.1, 0.15) is 0 Å². The van der Waals surface area contributed by atoms with Gasteiger partial charge in [-0.2, -0.15) is 0 Å². The van der Waals surface area contributed by atoms with Crippen LogP contribution in [0.3, 0.4) is 0 Å². The number of nitrogens with zero attached hydrogens (tertiary/aromatic N) is 4. The molecule has 0 amide bonds. The Labute approximate surface area is 157 Å². The van der Waals surface area contributed by atoms with E-state index in [2.05, 4.69) is 33.7 Å². The van der Waals surface area contributed by atoms with Gasteiger partial charge in [-0.05, 0) is 51.4 Å². The predicted octanol–water partition coefficient (Wildman–Crippen LogP) is 2.96. The molecule has 1 unspecified atom stereocenters. The molecule has 2 fully saturated rings. The average Bonchev–Trinajstić information content (AvgIpc) is 3.00. The van der Waals surface area contributed by atoms with Gasteiger partial charge in [-0.25, -0.2) is 14.4 Å². The number of hydrogen-bond donors (Lipinski definition) is 0. The Balaban J connectivity index is 1.33. The zero-order valence-electron chi connectivity index (χ0n) is 15.3. The normalized spacial score (nSPS) is 23.1. The quantitative estimate of drug-likeness (QED) is 0.803. The van der Waals surface area contributed by atoms with Gasteiger partial charge in [0.15, 0.2) is 5.82 Å². The van der Waals surface area contributed by atoms with Gasteiger partial charge in [0.05, 0.1) is 17.8 Å². The topological polar surface area (TPSA) is 41.5 Å². The number of ether oxygens (including phenoxy) is 1. The van der Waals surface area contributed by atoms with Gasteiger partial charge in [0, 0.05) is 36.2 Å². The highest BCUT2D eigenvalue weighted by Crippen LogP contribution is 2.39. The molecule has 2 aliphatic rings. The van der Waals surface area contributed by atoms with E-state index in [1.807, 2.05) is 5.51 Å². The molecule has 140 valence electrons. The molecular weight excluding hydrogens is 351 g/mol. The van der Waals surface area contributed by atoms with Crippen molar-refractivity contribution >= 4 is 11.3 Å². The van der Waals surface area contributed by atoms with Gasteiger partial charge in [0.25, 0.3) is 0 Å². The van der Waals surface area contributed by atoms with E-state index in [9.17, 15) is 4.39 Å². The molecule has 2 aromatic heterocycles. The summed E-state index contributed by atoms with van der Waals surface area (Å²) in [6, 6.07) is 2.98. The van der Waals surface area contributed by atoms with Crippen molar-refractivity contribution in [1.29, 1.82) is 0 Å². The number of aromatic nitrogens is 2. The molecule has 0 radical (unpaired) electrons. The zero-order chi connectivity index (χ0) is 18.1. The molecule has 0 bridgehead atoms. The summed E-state index contributed by atoms with van der Waals surface area (Å²) in [5.41, 5.74) is 3.31. The zero-order valence-corrected chi connectivity index (χ0v) is 16.1. The van der Waals surface area contributed by atoms with Crippen LogP contribution in [-0.4, -0.2) is 58.6 Å². The number of pyridine rings is 1. The summed E-state index contributed by atoms with van der Waals surface area (Å²) in [5.74, 6) is 0.182. The standard InChI is InChI=1S/C19H25FN4OS/c1-14-17(26-13-22-14)9-24-11-19(12-24)8-15(5-7-23(19)2)10-25-18-16(20)4-3-6-21-18/h3-4,6,13,15H,5,7-12H2,1-2H3. The molecule has 0 aliphatic carbocycles. The number of likely N-dealkylation sites (N-methyl/N-ethyl adjacent to an activating group) is 1. The number of aryl methyl sites for hydroxylation is 1. The van der Waals surface area contributed by atoms with Crippen molar-refractivity contribution in [3.8, 4) is 5.88 Å². The Morgan fingerprint density at radius 2 is 2.23 bits per heavy atom. The van der Waals surface area contributed by atoms with Crippen molar-refractivity contribution in [3.63, 3.8) is 0 Å². The van der Waals surface area contributed by atoms with E-state index >= 15 is 0 Å². The summed E-state index contributed by atoms with van der Waals surface area (Å²) in [4.78, 5) is 14.7. The second-order valence-electron chi connectivity index (χ2n) is 7.61. The number of likely N-dealkylation sites (tertiary alicyclic amines) is 2. The first-order valence-corrected chi connectivity index (χ1v) is 9.99. The maximum atomic E-state index is 13.7. The molecular formula is C19H25FN4OS. The summed E-state index contributed by atoms with van der Waals surface area (Å²) in [6.07, 6.45) is 3.75. The van der Waals surface area contributed by atoms with Crippen molar-refractivity contribution in [2.75, 3.05) is 33.3 Å². The van der Waals surface area contributed by atoms with Crippen molar-refractivity contribution in [1.82, 2.24) is 19.8 Å². The lowest BCUT2D eigenvalue weighted by Gasteiger charge is -2.58. The molecule has 1 atom stereocenters. The van der Waals surface area contributed by atoms with Crippen LogP contribution in [0.5, 0.6) is 5.88 Å². The van der Waals surface area contributed by atoms with E-state index in [-0.39, 0.29) is 17.2 Å². The molecule has 4 rings (SSSR count). The molecule has 2 aliphatic heterocycles. The third-order valence-electron chi connectivity index (χ3n) is 5.78. The van der Waals surface area contributed by atoms with Crippen LogP contribution in [0.15, 0.2) is 23.8 Å². The van der Waals surface area contributed by atoms with Gasteiger partial charge in [-0.3, -0.25) is 9.80 Å². The lowest BCUT2D eigenvalue weighted by Crippen LogP contribution is -2.71. The van der Waals surface area contributed by atoms with Crippen LogP contribution in [-0.2, 0) is 6.54 Å². The van der Waals surface area contributed by atoms with Gasteiger partial charge in [-0.15, -0.1) is 11.3 Å². The third kappa shape index (κ3) is 3.48. The van der Waals surface area contributed by atoms with Gasteiger partial charge >= 0.3 is 0 Å². The minimum Gasteiger partial charge on any atom is -0.475 e. The molecule has 7 heteroatoms. The number of thiazole rings is 1. The maximum Gasteiger partial charge on any atom is 0.250 e. The molecule has 0 saturated carbocycles. The molecule has 2 aromatic rings. The van der Waals surface area contributed by atoms with Crippen LogP contribution in [0.25, 0.3) is 0 Å². The first kappa shape index (κ1) is 17.8. The van der Waals surface area contributed by atoms with Crippen molar-refractivity contribution in [2.45, 2.75) is 31.8 Å². The highest BCUT2D eigenvalue weighted by atomic mass is 32.1. The first-order chi connectivity index (χ1) is 12.6. The van der Waals surface area contributed by atoms with Crippen LogP contribution in [0.2, 0.25) is 0 Å². The largest absolute Gasteiger partial charge is 0.475 e. The Hall–Kier alpha value is -1.57. The highest BCUT2D eigenvalue weighted by molar-refractivity contribution is 7.09. The second kappa shape index (κ2) is 7.21. The molecule has 4 heterocycles. The van der Waals surface area contributed by atoms with Gasteiger partial charge in [0.2, 0.25) is 5.88 Å². The lowest BCUT2D eigenvalue weighted by molar-refractivity contribution is -0.0873. The number of piperidine rings is 1. The Bertz CT molecular complexity index is 762. The van der Waals surface area contributed by atoms with Crippen molar-refractivity contribution in [2.24, 2.45) is 5.92 Å². The summed E-state index contributed by atoms with van der Waals surface area (Å²) < 4.78 is 19.4. The first-order valence-electron chi connectivity index (χ1n) is 9.12. The molecule has 0 aromatic carbocycles. The summed E-state index contributed by atoms with van der Waals surface area (Å²) >= 11 is 1.74. The summed E-state index contributed by atoms with van der Waals surface area (Å²) in [7, 11) is 2.23. The lowest BCUT2D eigenvalue weighted by atomic mass is 9.75. The van der Waals surface area contributed by atoms with E-state index in [4.69, 9.17) is 4.74 Å². The summed E-state index contributed by atoms with van der Waals surface area (Å²) in [5, 5.41) is 0. The molecule has 5 nitrogen and oxygen atoms in total. The molecule has 0 N–H and O–H groups in total. The van der Waals surface area contributed by atoms with E-state index in [0.717, 1.165) is 44.7 Å². The van der Waals surface area contributed by atoms with E-state index in [1.54, 1.807) is 23.6 Å². The Morgan fingerprint density at radius 1 is 1.38 bits per heavy atom. The van der Waals surface area contributed by atoms with Gasteiger partial charge < -0.3 is 4.74 Å². The van der Waals surface area contributed by atoms with Crippen LogP contribution in [0, 0.1) is 18.7 Å². The smallest absolute Gasteiger partial charge is 0.250 e. The highest BCUT2D eigenvalue weighted by Gasteiger charge is 2.49. The fraction of sp³-hybridized carbons (Fsp3) is 0.579. The number of rotatable bonds is 5. The van der Waals surface area contributed by atoms with Crippen LogP contribution >= 0.6 is 11.3 Å². The molecule has 2 saturated heterocycles. The summed E-state index contributed by atoms with van der Waals surface area (Å²) in [6.45, 7) is 6.83. The van der Waals surface area contributed by atoms with Crippen LogP contribution in [0.1, 0.15) is 23.4 Å². The fourth-order valence-corrected chi connectivity index (χ4v) is 4.99. The predicted molar refractivity (Wildman–Crippen MR) is 99.9 cm³/mol. The minimum absolute atomic E-state index is 0.122. The second-order valence-corrected chi connectivity index (χ2v) is 8.55. The van der Waals surface area contributed by atoms with E-state index in [1.165, 1.54) is 10.9 Å². The maximum absolute atomic E-state index is 13.7.